The highest BCUT2D eigenvalue weighted by atomic mass is 35.5. The lowest BCUT2D eigenvalue weighted by molar-refractivity contribution is -0.120. The minimum Gasteiger partial charge on any atom is -0.361 e. The third-order valence-corrected chi connectivity index (χ3v) is 7.34. The van der Waals surface area contributed by atoms with Gasteiger partial charge in [-0.25, -0.2) is 0 Å². The SMILES string of the molecule is O=C1C(Cc2c[nH]c3ccccc23)N=C(c2ccccc2)c2cc(Cl)ccc2N1C1CCCC1. The fraction of sp³-hybridized carbons (Fsp3) is 0.241. The number of benzodiazepines with no additional fused rings is 1. The number of rotatable bonds is 4. The number of H-pyrrole nitrogens is 1. The number of nitrogens with zero attached hydrogens (tertiary/aromatic N) is 2. The van der Waals surface area contributed by atoms with Crippen LogP contribution in [0.2, 0.25) is 5.02 Å². The fourth-order valence-corrected chi connectivity index (χ4v) is 5.65. The Hall–Kier alpha value is -3.37. The molecular weight excluding hydrogens is 442 g/mol. The van der Waals surface area contributed by atoms with E-state index in [4.69, 9.17) is 16.6 Å². The zero-order valence-electron chi connectivity index (χ0n) is 18.9. The zero-order chi connectivity index (χ0) is 23.1. The van der Waals surface area contributed by atoms with Crippen LogP contribution in [0.1, 0.15) is 42.4 Å². The predicted molar refractivity (Wildman–Crippen MR) is 139 cm³/mol. The van der Waals surface area contributed by atoms with Crippen LogP contribution in [-0.4, -0.2) is 28.7 Å². The quantitative estimate of drug-likeness (QED) is 0.363. The molecule has 1 amide bonds. The van der Waals surface area contributed by atoms with E-state index in [1.807, 2.05) is 59.6 Å². The Balaban J connectivity index is 1.53. The van der Waals surface area contributed by atoms with Gasteiger partial charge in [0.2, 0.25) is 0 Å². The number of carbonyl (C=O) groups is 1. The monoisotopic (exact) mass is 467 g/mol. The van der Waals surface area contributed by atoms with Crippen molar-refractivity contribution in [3.8, 4) is 0 Å². The molecule has 1 unspecified atom stereocenters. The largest absolute Gasteiger partial charge is 0.361 e. The summed E-state index contributed by atoms with van der Waals surface area (Å²) in [4.78, 5) is 24.8. The van der Waals surface area contributed by atoms with Crippen molar-refractivity contribution in [3.05, 3.63) is 101 Å². The Bertz CT molecular complexity index is 1390. The van der Waals surface area contributed by atoms with Crippen molar-refractivity contribution in [2.45, 2.75) is 44.2 Å². The number of aromatic amines is 1. The Morgan fingerprint density at radius 2 is 1.74 bits per heavy atom. The number of hydrogen-bond acceptors (Lipinski definition) is 2. The average molecular weight is 468 g/mol. The molecule has 170 valence electrons. The van der Waals surface area contributed by atoms with E-state index in [0.29, 0.717) is 11.4 Å². The van der Waals surface area contributed by atoms with Gasteiger partial charge in [-0.3, -0.25) is 9.79 Å². The molecule has 0 saturated heterocycles. The smallest absolute Gasteiger partial charge is 0.252 e. The van der Waals surface area contributed by atoms with Crippen LogP contribution < -0.4 is 4.90 Å². The van der Waals surface area contributed by atoms with Crippen LogP contribution in [0.25, 0.3) is 10.9 Å². The van der Waals surface area contributed by atoms with Crippen LogP contribution in [0.4, 0.5) is 5.69 Å². The molecule has 5 heteroatoms. The number of para-hydroxylation sites is 1. The van der Waals surface area contributed by atoms with Gasteiger partial charge in [0.1, 0.15) is 6.04 Å². The lowest BCUT2D eigenvalue weighted by Gasteiger charge is -2.31. The highest BCUT2D eigenvalue weighted by Gasteiger charge is 2.37. The first-order valence-corrected chi connectivity index (χ1v) is 12.4. The minimum atomic E-state index is -0.513. The van der Waals surface area contributed by atoms with Crippen LogP contribution >= 0.6 is 11.6 Å². The summed E-state index contributed by atoms with van der Waals surface area (Å²) >= 11 is 6.48. The van der Waals surface area contributed by atoms with E-state index in [0.717, 1.165) is 64.7 Å². The maximum absolute atomic E-state index is 14.2. The van der Waals surface area contributed by atoms with Crippen molar-refractivity contribution in [1.29, 1.82) is 0 Å². The number of amides is 1. The summed E-state index contributed by atoms with van der Waals surface area (Å²) in [5, 5.41) is 1.79. The molecule has 6 rings (SSSR count). The summed E-state index contributed by atoms with van der Waals surface area (Å²) in [6, 6.07) is 23.9. The second-order valence-corrected chi connectivity index (χ2v) is 9.67. The molecule has 2 heterocycles. The maximum atomic E-state index is 14.2. The van der Waals surface area contributed by atoms with Gasteiger partial charge < -0.3 is 9.88 Å². The molecule has 0 radical (unpaired) electrons. The molecule has 3 aromatic carbocycles. The summed E-state index contributed by atoms with van der Waals surface area (Å²) in [5.74, 6) is 0.0756. The molecule has 1 aliphatic heterocycles. The van der Waals surface area contributed by atoms with Crippen molar-refractivity contribution >= 4 is 39.8 Å². The number of aliphatic imine (C=N–C) groups is 1. The molecular formula is C29H26ClN3O. The van der Waals surface area contributed by atoms with E-state index in [9.17, 15) is 4.79 Å². The van der Waals surface area contributed by atoms with Gasteiger partial charge in [-0.15, -0.1) is 0 Å². The van der Waals surface area contributed by atoms with Gasteiger partial charge in [-0.05, 0) is 42.7 Å². The van der Waals surface area contributed by atoms with Gasteiger partial charge in [0.25, 0.3) is 5.91 Å². The zero-order valence-corrected chi connectivity index (χ0v) is 19.6. The molecule has 0 spiro atoms. The maximum Gasteiger partial charge on any atom is 0.252 e. The van der Waals surface area contributed by atoms with Gasteiger partial charge in [-0.2, -0.15) is 0 Å². The molecule has 1 atom stereocenters. The normalized spacial score (nSPS) is 18.7. The molecule has 34 heavy (non-hydrogen) atoms. The summed E-state index contributed by atoms with van der Waals surface area (Å²) in [6.45, 7) is 0. The molecule has 1 aliphatic carbocycles. The first-order chi connectivity index (χ1) is 16.7. The second kappa shape index (κ2) is 8.77. The van der Waals surface area contributed by atoms with Gasteiger partial charge in [0.15, 0.2) is 0 Å². The molecule has 0 bridgehead atoms. The number of benzene rings is 3. The Morgan fingerprint density at radius 3 is 2.56 bits per heavy atom. The number of hydrogen-bond donors (Lipinski definition) is 1. The van der Waals surface area contributed by atoms with Crippen molar-refractivity contribution in [1.82, 2.24) is 4.98 Å². The highest BCUT2D eigenvalue weighted by Crippen LogP contribution is 2.37. The van der Waals surface area contributed by atoms with Gasteiger partial charge in [0.05, 0.1) is 11.4 Å². The lowest BCUT2D eigenvalue weighted by atomic mass is 9.99. The molecule has 1 fully saturated rings. The Morgan fingerprint density at radius 1 is 0.971 bits per heavy atom. The first-order valence-electron chi connectivity index (χ1n) is 12.0. The van der Waals surface area contributed by atoms with E-state index < -0.39 is 6.04 Å². The van der Waals surface area contributed by atoms with Crippen LogP contribution in [0.5, 0.6) is 0 Å². The van der Waals surface area contributed by atoms with E-state index >= 15 is 0 Å². The molecule has 4 nitrogen and oxygen atoms in total. The first kappa shape index (κ1) is 21.2. The minimum absolute atomic E-state index is 0.0756. The highest BCUT2D eigenvalue weighted by molar-refractivity contribution is 6.32. The van der Waals surface area contributed by atoms with Crippen molar-refractivity contribution in [2.24, 2.45) is 4.99 Å². The number of aromatic nitrogens is 1. The fourth-order valence-electron chi connectivity index (χ4n) is 5.47. The summed E-state index contributed by atoms with van der Waals surface area (Å²) < 4.78 is 0. The topological polar surface area (TPSA) is 48.5 Å². The van der Waals surface area contributed by atoms with Crippen molar-refractivity contribution in [3.63, 3.8) is 0 Å². The van der Waals surface area contributed by atoms with Crippen LogP contribution in [-0.2, 0) is 11.2 Å². The van der Waals surface area contributed by atoms with Gasteiger partial charge in [-0.1, -0.05) is 73.0 Å². The van der Waals surface area contributed by atoms with Crippen molar-refractivity contribution < 1.29 is 4.79 Å². The average Bonchev–Trinajstić information content (AvgIpc) is 3.52. The summed E-state index contributed by atoms with van der Waals surface area (Å²) in [5.41, 5.74) is 5.87. The molecule has 1 saturated carbocycles. The van der Waals surface area contributed by atoms with Crippen molar-refractivity contribution in [2.75, 3.05) is 4.90 Å². The Labute approximate surface area is 204 Å². The van der Waals surface area contributed by atoms with E-state index in [-0.39, 0.29) is 11.9 Å². The molecule has 1 N–H and O–H groups in total. The van der Waals surface area contributed by atoms with Gasteiger partial charge >= 0.3 is 0 Å². The van der Waals surface area contributed by atoms with Crippen LogP contribution in [0.3, 0.4) is 0 Å². The molecule has 4 aromatic rings. The lowest BCUT2D eigenvalue weighted by Crippen LogP contribution is -2.44. The van der Waals surface area contributed by atoms with E-state index in [2.05, 4.69) is 29.2 Å². The van der Waals surface area contributed by atoms with E-state index in [1.54, 1.807) is 0 Å². The number of carbonyl (C=O) groups excluding carboxylic acids is 1. The summed E-state index contributed by atoms with van der Waals surface area (Å²) in [7, 11) is 0. The number of fused-ring (bicyclic) bond motifs is 2. The molecule has 1 aromatic heterocycles. The Kier molecular flexibility index (Phi) is 5.46. The van der Waals surface area contributed by atoms with E-state index in [1.165, 1.54) is 0 Å². The second-order valence-electron chi connectivity index (χ2n) is 9.23. The third-order valence-electron chi connectivity index (χ3n) is 7.11. The number of nitrogens with one attached hydrogen (secondary N) is 1. The van der Waals surface area contributed by atoms with Crippen LogP contribution in [0, 0.1) is 0 Å². The number of anilines is 1. The van der Waals surface area contributed by atoms with Crippen LogP contribution in [0.15, 0.2) is 84.0 Å². The number of halogens is 1. The summed E-state index contributed by atoms with van der Waals surface area (Å²) in [6.07, 6.45) is 6.91. The standard InChI is InChI=1S/C29H26ClN3O/c30-21-14-15-27-24(17-21)28(19-8-2-1-3-9-19)32-26(29(34)33(27)22-10-4-5-11-22)16-20-18-31-25-13-7-6-12-23(20)25/h1-3,6-9,12-15,17-18,22,26,31H,4-5,10-11,16H2. The van der Waals surface area contributed by atoms with Gasteiger partial charge in [0, 0.05) is 45.7 Å². The predicted octanol–water partition coefficient (Wildman–Crippen LogP) is 6.56. The third kappa shape index (κ3) is 3.72. The molecule has 2 aliphatic rings.